The van der Waals surface area contributed by atoms with Gasteiger partial charge in [0.2, 0.25) is 5.91 Å². The number of hydrogen-bond acceptors (Lipinski definition) is 1. The minimum atomic E-state index is -0.344. The van der Waals surface area contributed by atoms with Crippen LogP contribution in [0.2, 0.25) is 0 Å². The first-order valence-electron chi connectivity index (χ1n) is 5.37. The first-order valence-corrected chi connectivity index (χ1v) is 6.16. The number of nitrogens with one attached hydrogen (secondary N) is 1. The van der Waals surface area contributed by atoms with Crippen molar-refractivity contribution < 1.29 is 4.79 Å². The molecule has 1 N–H and O–H groups in total. The first kappa shape index (κ1) is 13.2. The zero-order chi connectivity index (χ0) is 12.3. The molecule has 0 aliphatic heterocycles. The van der Waals surface area contributed by atoms with Crippen LogP contribution < -0.4 is 5.32 Å². The van der Waals surface area contributed by atoms with Crippen LogP contribution in [-0.2, 0) is 4.79 Å². The van der Waals surface area contributed by atoms with E-state index in [-0.39, 0.29) is 17.4 Å². The Labute approximate surface area is 106 Å². The highest BCUT2D eigenvalue weighted by atomic mass is 79.9. The normalized spacial score (nSPS) is 13.3. The van der Waals surface area contributed by atoms with Gasteiger partial charge < -0.3 is 5.32 Å². The third kappa shape index (κ3) is 3.63. The molecule has 1 aromatic rings. The van der Waals surface area contributed by atoms with Crippen LogP contribution >= 0.6 is 15.9 Å². The van der Waals surface area contributed by atoms with E-state index in [1.54, 1.807) is 0 Å². The van der Waals surface area contributed by atoms with E-state index in [2.05, 4.69) is 21.2 Å². The molecule has 0 saturated carbocycles. The molecule has 0 saturated heterocycles. The molecule has 0 aliphatic rings. The summed E-state index contributed by atoms with van der Waals surface area (Å²) in [6, 6.07) is 8.03. The van der Waals surface area contributed by atoms with E-state index in [0.29, 0.717) is 0 Å². The number of halogens is 1. The second kappa shape index (κ2) is 5.00. The summed E-state index contributed by atoms with van der Waals surface area (Å²) in [4.78, 5) is 11.8. The molecule has 0 bridgehead atoms. The van der Waals surface area contributed by atoms with Crippen LogP contribution in [0.15, 0.2) is 28.7 Å². The number of benzene rings is 1. The van der Waals surface area contributed by atoms with Gasteiger partial charge in [-0.2, -0.15) is 0 Å². The molecule has 1 atom stereocenters. The average Bonchev–Trinajstić information content (AvgIpc) is 2.17. The minimum Gasteiger partial charge on any atom is -0.349 e. The third-order valence-electron chi connectivity index (χ3n) is 2.40. The fourth-order valence-corrected chi connectivity index (χ4v) is 1.51. The number of rotatable bonds is 2. The van der Waals surface area contributed by atoms with Gasteiger partial charge in [0.05, 0.1) is 6.04 Å². The Morgan fingerprint density at radius 1 is 1.25 bits per heavy atom. The van der Waals surface area contributed by atoms with Gasteiger partial charge >= 0.3 is 0 Å². The lowest BCUT2D eigenvalue weighted by Gasteiger charge is -2.22. The standard InChI is InChI=1S/C13H18BrNO/c1-9(15-12(16)13(2,3)4)10-5-7-11(14)8-6-10/h5-9H,1-4H3,(H,15,16). The van der Waals surface area contributed by atoms with Crippen LogP contribution in [0.3, 0.4) is 0 Å². The highest BCUT2D eigenvalue weighted by Gasteiger charge is 2.22. The van der Waals surface area contributed by atoms with Crippen molar-refractivity contribution in [3.63, 3.8) is 0 Å². The lowest BCUT2D eigenvalue weighted by atomic mass is 9.95. The molecule has 0 fully saturated rings. The Morgan fingerprint density at radius 3 is 2.19 bits per heavy atom. The molecular formula is C13H18BrNO. The Morgan fingerprint density at radius 2 is 1.75 bits per heavy atom. The second-order valence-electron chi connectivity index (χ2n) is 5.00. The highest BCUT2D eigenvalue weighted by Crippen LogP contribution is 2.19. The van der Waals surface area contributed by atoms with Gasteiger partial charge in [-0.15, -0.1) is 0 Å². The van der Waals surface area contributed by atoms with Gasteiger partial charge in [-0.1, -0.05) is 48.8 Å². The second-order valence-corrected chi connectivity index (χ2v) is 5.91. The molecule has 0 radical (unpaired) electrons. The molecule has 0 heterocycles. The molecule has 1 unspecified atom stereocenters. The van der Waals surface area contributed by atoms with Gasteiger partial charge in [-0.3, -0.25) is 4.79 Å². The topological polar surface area (TPSA) is 29.1 Å². The molecule has 1 amide bonds. The highest BCUT2D eigenvalue weighted by molar-refractivity contribution is 9.10. The van der Waals surface area contributed by atoms with Crippen molar-refractivity contribution in [3.05, 3.63) is 34.3 Å². The minimum absolute atomic E-state index is 0.0415. The van der Waals surface area contributed by atoms with Crippen molar-refractivity contribution in [1.82, 2.24) is 5.32 Å². The van der Waals surface area contributed by atoms with Gasteiger partial charge in [-0.25, -0.2) is 0 Å². The molecule has 88 valence electrons. The van der Waals surface area contributed by atoms with Crippen LogP contribution in [0, 0.1) is 5.41 Å². The number of carbonyl (C=O) groups is 1. The predicted molar refractivity (Wildman–Crippen MR) is 70.2 cm³/mol. The van der Waals surface area contributed by atoms with E-state index in [0.717, 1.165) is 10.0 Å². The molecule has 1 aromatic carbocycles. The molecule has 0 aliphatic carbocycles. The zero-order valence-electron chi connectivity index (χ0n) is 10.2. The van der Waals surface area contributed by atoms with Gasteiger partial charge in [0, 0.05) is 9.89 Å². The number of carbonyl (C=O) groups excluding carboxylic acids is 1. The van der Waals surface area contributed by atoms with E-state index in [1.807, 2.05) is 52.0 Å². The Hall–Kier alpha value is -0.830. The first-order chi connectivity index (χ1) is 7.30. The lowest BCUT2D eigenvalue weighted by Crippen LogP contribution is -2.36. The van der Waals surface area contributed by atoms with E-state index in [4.69, 9.17) is 0 Å². The monoisotopic (exact) mass is 283 g/mol. The van der Waals surface area contributed by atoms with Crippen molar-refractivity contribution in [2.24, 2.45) is 5.41 Å². The van der Waals surface area contributed by atoms with E-state index in [1.165, 1.54) is 0 Å². The summed E-state index contributed by atoms with van der Waals surface area (Å²) in [6.45, 7) is 7.73. The summed E-state index contributed by atoms with van der Waals surface area (Å²) in [7, 11) is 0. The summed E-state index contributed by atoms with van der Waals surface area (Å²) < 4.78 is 1.05. The van der Waals surface area contributed by atoms with E-state index >= 15 is 0 Å². The molecule has 3 heteroatoms. The molecule has 2 nitrogen and oxygen atoms in total. The number of hydrogen-bond donors (Lipinski definition) is 1. The van der Waals surface area contributed by atoms with E-state index in [9.17, 15) is 4.79 Å². The molecular weight excluding hydrogens is 266 g/mol. The molecule has 16 heavy (non-hydrogen) atoms. The maximum absolute atomic E-state index is 11.8. The zero-order valence-corrected chi connectivity index (χ0v) is 11.8. The summed E-state index contributed by atoms with van der Waals surface area (Å²) in [6.07, 6.45) is 0. The predicted octanol–water partition coefficient (Wildman–Crippen LogP) is 3.67. The summed E-state index contributed by atoms with van der Waals surface area (Å²) in [5.41, 5.74) is 0.768. The fraction of sp³-hybridized carbons (Fsp3) is 0.462. The van der Waals surface area contributed by atoms with Gasteiger partial charge in [-0.05, 0) is 24.6 Å². The van der Waals surface area contributed by atoms with Crippen LogP contribution in [0.5, 0.6) is 0 Å². The molecule has 0 spiro atoms. The quantitative estimate of drug-likeness (QED) is 0.882. The largest absolute Gasteiger partial charge is 0.349 e. The number of amides is 1. The van der Waals surface area contributed by atoms with Crippen LogP contribution in [0.1, 0.15) is 39.3 Å². The van der Waals surface area contributed by atoms with Gasteiger partial charge in [0.1, 0.15) is 0 Å². The smallest absolute Gasteiger partial charge is 0.225 e. The average molecular weight is 284 g/mol. The van der Waals surface area contributed by atoms with Crippen molar-refractivity contribution in [3.8, 4) is 0 Å². The Kier molecular flexibility index (Phi) is 4.14. The van der Waals surface area contributed by atoms with Crippen molar-refractivity contribution >= 4 is 21.8 Å². The Balaban J connectivity index is 2.69. The fourth-order valence-electron chi connectivity index (χ4n) is 1.25. The third-order valence-corrected chi connectivity index (χ3v) is 2.93. The van der Waals surface area contributed by atoms with Crippen molar-refractivity contribution in [2.45, 2.75) is 33.7 Å². The van der Waals surface area contributed by atoms with Crippen molar-refractivity contribution in [2.75, 3.05) is 0 Å². The lowest BCUT2D eigenvalue weighted by molar-refractivity contribution is -0.129. The summed E-state index contributed by atoms with van der Waals surface area (Å²) in [5.74, 6) is 0.0721. The SMILES string of the molecule is CC(NC(=O)C(C)(C)C)c1ccc(Br)cc1. The maximum Gasteiger partial charge on any atom is 0.225 e. The Bertz CT molecular complexity index is 365. The summed E-state index contributed by atoms with van der Waals surface area (Å²) >= 11 is 3.39. The van der Waals surface area contributed by atoms with Crippen LogP contribution in [0.25, 0.3) is 0 Å². The van der Waals surface area contributed by atoms with Gasteiger partial charge in [0.15, 0.2) is 0 Å². The summed E-state index contributed by atoms with van der Waals surface area (Å²) in [5, 5.41) is 3.00. The van der Waals surface area contributed by atoms with E-state index < -0.39 is 0 Å². The molecule has 0 aromatic heterocycles. The van der Waals surface area contributed by atoms with Crippen LogP contribution in [0.4, 0.5) is 0 Å². The van der Waals surface area contributed by atoms with Crippen molar-refractivity contribution in [1.29, 1.82) is 0 Å². The van der Waals surface area contributed by atoms with Gasteiger partial charge in [0.25, 0.3) is 0 Å². The maximum atomic E-state index is 11.8. The van der Waals surface area contributed by atoms with Crippen LogP contribution in [-0.4, -0.2) is 5.91 Å². The molecule has 1 rings (SSSR count).